The molecule has 14 heavy (non-hydrogen) atoms. The molecule has 7 heteroatoms. The van der Waals surface area contributed by atoms with Gasteiger partial charge < -0.3 is 4.57 Å². The molecule has 0 bridgehead atoms. The molecule has 70 valence electrons. The second-order valence-electron chi connectivity index (χ2n) is 2.85. The molecule has 2 rings (SSSR count). The fourth-order valence-corrected chi connectivity index (χ4v) is 1.26. The summed E-state index contributed by atoms with van der Waals surface area (Å²) in [5.74, 6) is 0. The van der Waals surface area contributed by atoms with E-state index >= 15 is 0 Å². The van der Waals surface area contributed by atoms with Crippen LogP contribution in [0, 0.1) is 0 Å². The largest absolute Gasteiger partial charge is 0.329 e. The summed E-state index contributed by atoms with van der Waals surface area (Å²) < 4.78 is 2.88. The van der Waals surface area contributed by atoms with Gasteiger partial charge in [0.2, 0.25) is 0 Å². The molecule has 0 saturated carbocycles. The van der Waals surface area contributed by atoms with Crippen molar-refractivity contribution in [1.82, 2.24) is 19.1 Å². The number of aromatic amines is 1. The summed E-state index contributed by atoms with van der Waals surface area (Å²) in [6, 6.07) is 0. The first-order valence-corrected chi connectivity index (χ1v) is 3.71. The van der Waals surface area contributed by atoms with Crippen molar-refractivity contribution in [3.63, 3.8) is 0 Å². The van der Waals surface area contributed by atoms with Crippen LogP contribution >= 0.6 is 0 Å². The van der Waals surface area contributed by atoms with Gasteiger partial charge in [-0.1, -0.05) is 0 Å². The number of nitrogens with one attached hydrogen (secondary N) is 1. The predicted molar refractivity (Wildman–Crippen MR) is 52.3 cm³/mol. The third-order valence-corrected chi connectivity index (χ3v) is 1.98. The van der Waals surface area contributed by atoms with Crippen LogP contribution in [0.4, 0.5) is 0 Å². The molecule has 0 aliphatic rings. The summed E-state index contributed by atoms with van der Waals surface area (Å²) in [4.78, 5) is 28.6. The smallest absolute Gasteiger partial charge is 0.328 e. The average molecular weight is 268 g/mol. The van der Waals surface area contributed by atoms with Gasteiger partial charge in [-0.15, -0.1) is 0 Å². The third-order valence-electron chi connectivity index (χ3n) is 1.98. The molecule has 0 aromatic carbocycles. The standard InChI is InChI=1S/C7H8N4O2.Sr/c1-10-3-8-5-4(10)6(12)9-7(13)11(5)2;/h3H,1-2H3,(H,9,12,13);. The molecule has 0 aliphatic heterocycles. The van der Waals surface area contributed by atoms with E-state index in [9.17, 15) is 9.59 Å². The predicted octanol–water partition coefficient (Wildman–Crippen LogP) is -1.42. The fraction of sp³-hybridized carbons (Fsp3) is 0.286. The Morgan fingerprint density at radius 2 is 2.00 bits per heavy atom. The van der Waals surface area contributed by atoms with Crippen molar-refractivity contribution < 1.29 is 0 Å². The van der Waals surface area contributed by atoms with Crippen LogP contribution in [-0.4, -0.2) is 64.6 Å². The average Bonchev–Trinajstić information content (AvgIpc) is 2.44. The molecule has 6 nitrogen and oxygen atoms in total. The minimum atomic E-state index is -0.448. The Balaban J connectivity index is 0.000000980. The second-order valence-corrected chi connectivity index (χ2v) is 2.85. The van der Waals surface area contributed by atoms with Crippen LogP contribution < -0.4 is 11.2 Å². The summed E-state index contributed by atoms with van der Waals surface area (Å²) in [5.41, 5.74) is -0.0485. The van der Waals surface area contributed by atoms with Crippen LogP contribution in [-0.2, 0) is 14.1 Å². The van der Waals surface area contributed by atoms with Crippen molar-refractivity contribution >= 4 is 56.6 Å². The zero-order valence-corrected chi connectivity index (χ0v) is 11.4. The van der Waals surface area contributed by atoms with Gasteiger partial charge in [0.25, 0.3) is 5.56 Å². The third kappa shape index (κ3) is 1.60. The van der Waals surface area contributed by atoms with Gasteiger partial charge in [-0.3, -0.25) is 14.3 Å². The second kappa shape index (κ2) is 4.01. The molecule has 0 atom stereocenters. The van der Waals surface area contributed by atoms with Gasteiger partial charge in [-0.2, -0.15) is 0 Å². The van der Waals surface area contributed by atoms with E-state index in [2.05, 4.69) is 9.97 Å². The topological polar surface area (TPSA) is 72.7 Å². The van der Waals surface area contributed by atoms with Crippen LogP contribution in [0.1, 0.15) is 0 Å². The Hall–Kier alpha value is -0.369. The van der Waals surface area contributed by atoms with Gasteiger partial charge in [0.15, 0.2) is 11.2 Å². The quantitative estimate of drug-likeness (QED) is 0.596. The van der Waals surface area contributed by atoms with Gasteiger partial charge >= 0.3 is 5.69 Å². The van der Waals surface area contributed by atoms with Crippen molar-refractivity contribution in [2.45, 2.75) is 0 Å². The van der Waals surface area contributed by atoms with Crippen molar-refractivity contribution in [1.29, 1.82) is 0 Å². The molecule has 2 radical (unpaired) electrons. The van der Waals surface area contributed by atoms with E-state index in [1.165, 1.54) is 10.9 Å². The Kier molecular flexibility index (Phi) is 3.36. The first-order valence-electron chi connectivity index (χ1n) is 3.71. The SMILES string of the molecule is Cn1cnc2c1c(=O)[nH]c(=O)n2C.[Sr]. The van der Waals surface area contributed by atoms with Gasteiger partial charge in [0, 0.05) is 59.6 Å². The molecule has 0 fully saturated rings. The minimum absolute atomic E-state index is 0. The normalized spacial score (nSPS) is 10.1. The molecule has 0 unspecified atom stereocenters. The first kappa shape index (κ1) is 11.7. The summed E-state index contributed by atoms with van der Waals surface area (Å²) in [6.45, 7) is 0. The van der Waals surface area contributed by atoms with Crippen LogP contribution in [0.5, 0.6) is 0 Å². The molecule has 0 saturated heterocycles. The number of hydrogen-bond donors (Lipinski definition) is 1. The van der Waals surface area contributed by atoms with E-state index in [0.717, 1.165) is 0 Å². The van der Waals surface area contributed by atoms with E-state index in [4.69, 9.17) is 0 Å². The molecule has 1 N–H and O–H groups in total. The van der Waals surface area contributed by atoms with Crippen LogP contribution in [0.3, 0.4) is 0 Å². The molecular formula is C7H8N4O2Sr. The van der Waals surface area contributed by atoms with Crippen LogP contribution in [0.15, 0.2) is 15.9 Å². The first-order chi connectivity index (χ1) is 6.11. The Morgan fingerprint density at radius 3 is 2.64 bits per heavy atom. The van der Waals surface area contributed by atoms with Gasteiger partial charge in [0.1, 0.15) is 0 Å². The van der Waals surface area contributed by atoms with E-state index in [1.54, 1.807) is 18.7 Å². The molecular weight excluding hydrogens is 260 g/mol. The van der Waals surface area contributed by atoms with Crippen molar-refractivity contribution in [2.24, 2.45) is 14.1 Å². The maximum atomic E-state index is 11.3. The van der Waals surface area contributed by atoms with Crippen molar-refractivity contribution in [2.75, 3.05) is 0 Å². The fourth-order valence-electron chi connectivity index (χ4n) is 1.26. The van der Waals surface area contributed by atoms with Crippen LogP contribution in [0.2, 0.25) is 0 Å². The summed E-state index contributed by atoms with van der Waals surface area (Å²) in [5, 5.41) is 0. The number of nitrogens with zero attached hydrogens (tertiary/aromatic N) is 3. The molecule has 2 heterocycles. The molecule has 0 amide bonds. The number of H-pyrrole nitrogens is 1. The Bertz CT molecular complexity index is 579. The number of imidazole rings is 1. The monoisotopic (exact) mass is 268 g/mol. The summed E-state index contributed by atoms with van der Waals surface area (Å²) >= 11 is 0. The van der Waals surface area contributed by atoms with Crippen molar-refractivity contribution in [3.8, 4) is 0 Å². The Morgan fingerprint density at radius 1 is 1.36 bits per heavy atom. The molecule has 2 aromatic heterocycles. The van der Waals surface area contributed by atoms with E-state index in [-0.39, 0.29) is 45.5 Å². The zero-order valence-electron chi connectivity index (χ0n) is 7.94. The number of aryl methyl sites for hydroxylation is 2. The number of hydrogen-bond acceptors (Lipinski definition) is 3. The number of rotatable bonds is 0. The van der Waals surface area contributed by atoms with E-state index in [1.807, 2.05) is 0 Å². The molecule has 2 aromatic rings. The maximum absolute atomic E-state index is 11.3. The minimum Gasteiger partial charge on any atom is -0.328 e. The number of aromatic nitrogens is 4. The van der Waals surface area contributed by atoms with Gasteiger partial charge in [0.05, 0.1) is 6.33 Å². The maximum Gasteiger partial charge on any atom is 0.329 e. The molecule has 0 spiro atoms. The van der Waals surface area contributed by atoms with Crippen molar-refractivity contribution in [3.05, 3.63) is 27.2 Å². The van der Waals surface area contributed by atoms with Gasteiger partial charge in [-0.05, 0) is 0 Å². The zero-order chi connectivity index (χ0) is 9.59. The van der Waals surface area contributed by atoms with Gasteiger partial charge in [-0.25, -0.2) is 9.78 Å². The Labute approximate surface area is 116 Å². The number of fused-ring (bicyclic) bond motifs is 1. The molecule has 0 aliphatic carbocycles. The van der Waals surface area contributed by atoms with Crippen LogP contribution in [0.25, 0.3) is 11.2 Å². The van der Waals surface area contributed by atoms with E-state index < -0.39 is 11.2 Å². The summed E-state index contributed by atoms with van der Waals surface area (Å²) in [6.07, 6.45) is 1.50. The van der Waals surface area contributed by atoms with E-state index in [0.29, 0.717) is 11.2 Å². The summed E-state index contributed by atoms with van der Waals surface area (Å²) in [7, 11) is 3.27.